The van der Waals surface area contributed by atoms with Gasteiger partial charge in [0.15, 0.2) is 11.5 Å². The molecule has 27 heavy (non-hydrogen) atoms. The summed E-state index contributed by atoms with van der Waals surface area (Å²) in [6.07, 6.45) is 0.256. The number of rotatable bonds is 8. The maximum Gasteiger partial charge on any atom is 0.225 e. The van der Waals surface area contributed by atoms with Crippen molar-refractivity contribution in [3.8, 4) is 11.5 Å². The first-order valence-electron chi connectivity index (χ1n) is 9.02. The Hall–Kier alpha value is -3.02. The van der Waals surface area contributed by atoms with Gasteiger partial charge in [0, 0.05) is 19.5 Å². The van der Waals surface area contributed by atoms with Gasteiger partial charge in [-0.3, -0.25) is 9.59 Å². The summed E-state index contributed by atoms with van der Waals surface area (Å²) in [5.74, 6) is 0.889. The second-order valence-electron chi connectivity index (χ2n) is 6.45. The lowest BCUT2D eigenvalue weighted by Gasteiger charge is -2.16. The van der Waals surface area contributed by atoms with E-state index < -0.39 is 0 Å². The van der Waals surface area contributed by atoms with E-state index in [1.165, 1.54) is 0 Å². The van der Waals surface area contributed by atoms with Crippen LogP contribution in [0.25, 0.3) is 0 Å². The number of carbonyl (C=O) groups is 2. The SMILES string of the molecule is COc1ccccc1OCCNC(=O)C1CC(=O)N(Cc2ccccc2)C1. The largest absolute Gasteiger partial charge is 0.493 e. The fourth-order valence-corrected chi connectivity index (χ4v) is 3.12. The highest BCUT2D eigenvalue weighted by molar-refractivity contribution is 5.89. The molecule has 1 saturated heterocycles. The van der Waals surface area contributed by atoms with Crippen molar-refractivity contribution >= 4 is 11.8 Å². The summed E-state index contributed by atoms with van der Waals surface area (Å²) in [7, 11) is 1.59. The van der Waals surface area contributed by atoms with Crippen LogP contribution in [-0.4, -0.2) is 43.5 Å². The Morgan fingerprint density at radius 3 is 2.56 bits per heavy atom. The molecule has 1 atom stereocenters. The van der Waals surface area contributed by atoms with Crippen LogP contribution in [0.15, 0.2) is 54.6 Å². The van der Waals surface area contributed by atoms with Gasteiger partial charge in [-0.15, -0.1) is 0 Å². The topological polar surface area (TPSA) is 67.9 Å². The summed E-state index contributed by atoms with van der Waals surface area (Å²) < 4.78 is 10.9. The normalized spacial score (nSPS) is 16.3. The predicted molar refractivity (Wildman–Crippen MR) is 101 cm³/mol. The number of methoxy groups -OCH3 is 1. The molecule has 2 aromatic carbocycles. The Morgan fingerprint density at radius 1 is 1.11 bits per heavy atom. The minimum absolute atomic E-state index is 0.0178. The lowest BCUT2D eigenvalue weighted by Crippen LogP contribution is -2.35. The number of benzene rings is 2. The number of para-hydroxylation sites is 2. The molecule has 1 heterocycles. The quantitative estimate of drug-likeness (QED) is 0.726. The number of ether oxygens (including phenoxy) is 2. The second-order valence-corrected chi connectivity index (χ2v) is 6.45. The Bertz CT molecular complexity index is 779. The van der Waals surface area contributed by atoms with Crippen molar-refractivity contribution in [2.45, 2.75) is 13.0 Å². The molecule has 1 unspecified atom stereocenters. The van der Waals surface area contributed by atoms with Crippen LogP contribution in [0.5, 0.6) is 11.5 Å². The van der Waals surface area contributed by atoms with Crippen molar-refractivity contribution in [1.29, 1.82) is 0 Å². The van der Waals surface area contributed by atoms with Crippen molar-refractivity contribution in [3.05, 3.63) is 60.2 Å². The van der Waals surface area contributed by atoms with E-state index in [4.69, 9.17) is 9.47 Å². The predicted octanol–water partition coefficient (Wildman–Crippen LogP) is 2.24. The van der Waals surface area contributed by atoms with E-state index in [2.05, 4.69) is 5.32 Å². The number of amides is 2. The number of hydrogen-bond acceptors (Lipinski definition) is 4. The molecule has 6 nitrogen and oxygen atoms in total. The van der Waals surface area contributed by atoms with E-state index >= 15 is 0 Å². The first-order valence-corrected chi connectivity index (χ1v) is 9.02. The molecule has 0 aromatic heterocycles. The van der Waals surface area contributed by atoms with Crippen LogP contribution < -0.4 is 14.8 Å². The second kappa shape index (κ2) is 9.07. The number of nitrogens with one attached hydrogen (secondary N) is 1. The summed E-state index contributed by atoms with van der Waals surface area (Å²) in [4.78, 5) is 26.3. The lowest BCUT2D eigenvalue weighted by molar-refractivity contribution is -0.129. The molecule has 0 radical (unpaired) electrons. The number of hydrogen-bond donors (Lipinski definition) is 1. The van der Waals surface area contributed by atoms with E-state index in [9.17, 15) is 9.59 Å². The van der Waals surface area contributed by atoms with Crippen molar-refractivity contribution in [2.75, 3.05) is 26.8 Å². The van der Waals surface area contributed by atoms with E-state index in [1.54, 1.807) is 12.0 Å². The van der Waals surface area contributed by atoms with Crippen molar-refractivity contribution in [2.24, 2.45) is 5.92 Å². The minimum Gasteiger partial charge on any atom is -0.493 e. The molecule has 2 amide bonds. The van der Waals surface area contributed by atoms with E-state index in [0.29, 0.717) is 37.7 Å². The molecule has 3 rings (SSSR count). The molecule has 0 saturated carbocycles. The highest BCUT2D eigenvalue weighted by atomic mass is 16.5. The molecule has 1 aliphatic rings. The third-order valence-corrected chi connectivity index (χ3v) is 4.53. The van der Waals surface area contributed by atoms with E-state index in [0.717, 1.165) is 5.56 Å². The van der Waals surface area contributed by atoms with Crippen LogP contribution in [0.4, 0.5) is 0 Å². The maximum absolute atomic E-state index is 12.4. The Kier molecular flexibility index (Phi) is 6.30. The van der Waals surface area contributed by atoms with Gasteiger partial charge in [-0.1, -0.05) is 42.5 Å². The van der Waals surface area contributed by atoms with Crippen molar-refractivity contribution in [1.82, 2.24) is 10.2 Å². The fourth-order valence-electron chi connectivity index (χ4n) is 3.12. The number of nitrogens with zero attached hydrogens (tertiary/aromatic N) is 1. The van der Waals surface area contributed by atoms with Gasteiger partial charge in [0.05, 0.1) is 19.6 Å². The summed E-state index contributed by atoms with van der Waals surface area (Å²) in [6, 6.07) is 17.2. The molecule has 1 aliphatic heterocycles. The first-order chi connectivity index (χ1) is 13.2. The Morgan fingerprint density at radius 2 is 1.81 bits per heavy atom. The van der Waals surface area contributed by atoms with Gasteiger partial charge < -0.3 is 19.7 Å². The van der Waals surface area contributed by atoms with Gasteiger partial charge in [0.1, 0.15) is 6.61 Å². The molecule has 0 bridgehead atoms. The molecule has 0 aliphatic carbocycles. The van der Waals surface area contributed by atoms with E-state index in [1.807, 2.05) is 54.6 Å². The summed E-state index contributed by atoms with van der Waals surface area (Å²) >= 11 is 0. The summed E-state index contributed by atoms with van der Waals surface area (Å²) in [5.41, 5.74) is 1.07. The summed E-state index contributed by atoms with van der Waals surface area (Å²) in [5, 5.41) is 2.85. The molecule has 2 aromatic rings. The van der Waals surface area contributed by atoms with Crippen molar-refractivity contribution < 1.29 is 19.1 Å². The van der Waals surface area contributed by atoms with Crippen LogP contribution in [0, 0.1) is 5.92 Å². The minimum atomic E-state index is -0.313. The molecule has 6 heteroatoms. The van der Waals surface area contributed by atoms with Crippen LogP contribution in [0.3, 0.4) is 0 Å². The molecule has 1 fully saturated rings. The third-order valence-electron chi connectivity index (χ3n) is 4.53. The maximum atomic E-state index is 12.4. The molecule has 142 valence electrons. The zero-order chi connectivity index (χ0) is 19.1. The lowest BCUT2D eigenvalue weighted by atomic mass is 10.1. The Labute approximate surface area is 159 Å². The van der Waals surface area contributed by atoms with Gasteiger partial charge in [0.2, 0.25) is 11.8 Å². The van der Waals surface area contributed by atoms with Crippen LogP contribution in [0.1, 0.15) is 12.0 Å². The van der Waals surface area contributed by atoms with Gasteiger partial charge in [-0.05, 0) is 17.7 Å². The first kappa shape index (κ1) is 18.8. The zero-order valence-corrected chi connectivity index (χ0v) is 15.4. The monoisotopic (exact) mass is 368 g/mol. The van der Waals surface area contributed by atoms with E-state index in [-0.39, 0.29) is 24.2 Å². The standard InChI is InChI=1S/C21H24N2O4/c1-26-18-9-5-6-10-19(18)27-12-11-22-21(25)17-13-20(24)23(15-17)14-16-7-3-2-4-8-16/h2-10,17H,11-15H2,1H3,(H,22,25). The van der Waals surface area contributed by atoms with Gasteiger partial charge in [-0.25, -0.2) is 0 Å². The van der Waals surface area contributed by atoms with Crippen LogP contribution in [-0.2, 0) is 16.1 Å². The molecule has 0 spiro atoms. The smallest absolute Gasteiger partial charge is 0.225 e. The molecular formula is C21H24N2O4. The number of carbonyl (C=O) groups excluding carboxylic acids is 2. The number of likely N-dealkylation sites (tertiary alicyclic amines) is 1. The van der Waals surface area contributed by atoms with Crippen molar-refractivity contribution in [3.63, 3.8) is 0 Å². The molecule has 1 N–H and O–H groups in total. The van der Waals surface area contributed by atoms with Gasteiger partial charge >= 0.3 is 0 Å². The highest BCUT2D eigenvalue weighted by Gasteiger charge is 2.33. The zero-order valence-electron chi connectivity index (χ0n) is 15.4. The van der Waals surface area contributed by atoms with Gasteiger partial charge in [-0.2, -0.15) is 0 Å². The molecular weight excluding hydrogens is 344 g/mol. The van der Waals surface area contributed by atoms with Gasteiger partial charge in [0.25, 0.3) is 0 Å². The average molecular weight is 368 g/mol. The Balaban J connectivity index is 1.43. The summed E-state index contributed by atoms with van der Waals surface area (Å²) in [6.45, 7) is 1.70. The van der Waals surface area contributed by atoms with Crippen LogP contribution in [0.2, 0.25) is 0 Å². The highest BCUT2D eigenvalue weighted by Crippen LogP contribution is 2.25. The van der Waals surface area contributed by atoms with Crippen LogP contribution >= 0.6 is 0 Å². The third kappa shape index (κ3) is 5.00. The fraction of sp³-hybridized carbons (Fsp3) is 0.333. The average Bonchev–Trinajstić information content (AvgIpc) is 3.06.